The molecule has 98 valence electrons. The van der Waals surface area contributed by atoms with E-state index in [1.807, 2.05) is 0 Å². The van der Waals surface area contributed by atoms with Crippen LogP contribution in [-0.2, 0) is 9.53 Å². The Bertz CT molecular complexity index is 454. The SMILES string of the molecule is NC(=O)COCCNc1ccc(C(N)=S)c(F)c1. The van der Waals surface area contributed by atoms with E-state index in [1.54, 1.807) is 6.07 Å². The molecule has 5 N–H and O–H groups in total. The predicted octanol–water partition coefficient (Wildman–Crippen LogP) is 0.374. The maximum absolute atomic E-state index is 13.5. The van der Waals surface area contributed by atoms with Crippen molar-refractivity contribution in [3.8, 4) is 0 Å². The first-order chi connectivity index (χ1) is 8.50. The van der Waals surface area contributed by atoms with Crippen LogP contribution < -0.4 is 16.8 Å². The van der Waals surface area contributed by atoms with Crippen LogP contribution in [0.25, 0.3) is 0 Å². The fourth-order valence-corrected chi connectivity index (χ4v) is 1.43. The number of rotatable bonds is 7. The molecule has 5 nitrogen and oxygen atoms in total. The van der Waals surface area contributed by atoms with Gasteiger partial charge in [0, 0.05) is 17.8 Å². The summed E-state index contributed by atoms with van der Waals surface area (Å²) in [5.41, 5.74) is 11.0. The van der Waals surface area contributed by atoms with E-state index in [4.69, 9.17) is 28.4 Å². The molecule has 7 heteroatoms. The molecule has 1 rings (SSSR count). The molecule has 0 aliphatic heterocycles. The second kappa shape index (κ2) is 6.87. The summed E-state index contributed by atoms with van der Waals surface area (Å²) in [6.45, 7) is 0.594. The molecule has 0 radical (unpaired) electrons. The maximum Gasteiger partial charge on any atom is 0.243 e. The summed E-state index contributed by atoms with van der Waals surface area (Å²) in [7, 11) is 0. The Labute approximate surface area is 109 Å². The highest BCUT2D eigenvalue weighted by Gasteiger charge is 2.05. The van der Waals surface area contributed by atoms with Gasteiger partial charge in [-0.2, -0.15) is 0 Å². The van der Waals surface area contributed by atoms with Crippen LogP contribution in [0, 0.1) is 5.82 Å². The molecule has 1 amide bonds. The van der Waals surface area contributed by atoms with Crippen LogP contribution in [-0.4, -0.2) is 30.7 Å². The number of ether oxygens (including phenoxy) is 1. The third-order valence-corrected chi connectivity index (χ3v) is 2.27. The van der Waals surface area contributed by atoms with Crippen molar-refractivity contribution >= 4 is 28.8 Å². The molecule has 0 atom stereocenters. The minimum Gasteiger partial charge on any atom is -0.389 e. The molecule has 0 aromatic heterocycles. The monoisotopic (exact) mass is 271 g/mol. The summed E-state index contributed by atoms with van der Waals surface area (Å²) in [5.74, 6) is -1.01. The summed E-state index contributed by atoms with van der Waals surface area (Å²) in [6, 6.07) is 4.46. The molecule has 0 saturated heterocycles. The Kier molecular flexibility index (Phi) is 5.47. The molecular formula is C11H14FN3O2S. The Morgan fingerprint density at radius 2 is 2.17 bits per heavy atom. The second-order valence-corrected chi connectivity index (χ2v) is 3.94. The van der Waals surface area contributed by atoms with Crippen molar-refractivity contribution in [3.63, 3.8) is 0 Å². The number of carbonyl (C=O) groups excluding carboxylic acids is 1. The zero-order valence-electron chi connectivity index (χ0n) is 9.61. The zero-order valence-corrected chi connectivity index (χ0v) is 10.4. The molecule has 0 bridgehead atoms. The molecular weight excluding hydrogens is 257 g/mol. The highest BCUT2D eigenvalue weighted by Crippen LogP contribution is 2.14. The van der Waals surface area contributed by atoms with Crippen LogP contribution in [0.2, 0.25) is 0 Å². The van der Waals surface area contributed by atoms with Crippen molar-refractivity contribution < 1.29 is 13.9 Å². The molecule has 0 saturated carbocycles. The van der Waals surface area contributed by atoms with Crippen LogP contribution in [0.5, 0.6) is 0 Å². The second-order valence-electron chi connectivity index (χ2n) is 3.50. The fraction of sp³-hybridized carbons (Fsp3) is 0.273. The van der Waals surface area contributed by atoms with Crippen molar-refractivity contribution in [2.75, 3.05) is 25.1 Å². The summed E-state index contributed by atoms with van der Waals surface area (Å²) in [6.07, 6.45) is 0. The number of halogens is 1. The number of nitrogens with two attached hydrogens (primary N) is 2. The summed E-state index contributed by atoms with van der Waals surface area (Å²) in [4.78, 5) is 10.4. The van der Waals surface area contributed by atoms with Crippen molar-refractivity contribution in [3.05, 3.63) is 29.6 Å². The largest absolute Gasteiger partial charge is 0.389 e. The molecule has 0 aliphatic rings. The minimum atomic E-state index is -0.526. The van der Waals surface area contributed by atoms with Gasteiger partial charge in [-0.3, -0.25) is 4.79 Å². The van der Waals surface area contributed by atoms with E-state index in [2.05, 4.69) is 5.32 Å². The number of primary amides is 1. The van der Waals surface area contributed by atoms with Gasteiger partial charge in [0.15, 0.2) is 0 Å². The number of benzene rings is 1. The lowest BCUT2D eigenvalue weighted by atomic mass is 10.2. The molecule has 0 fully saturated rings. The quantitative estimate of drug-likeness (QED) is 0.492. The van der Waals surface area contributed by atoms with E-state index in [0.717, 1.165) is 0 Å². The van der Waals surface area contributed by atoms with E-state index >= 15 is 0 Å². The number of anilines is 1. The topological polar surface area (TPSA) is 90.4 Å². The van der Waals surface area contributed by atoms with Gasteiger partial charge in [-0.15, -0.1) is 0 Å². The smallest absolute Gasteiger partial charge is 0.243 e. The van der Waals surface area contributed by atoms with Crippen LogP contribution in [0.15, 0.2) is 18.2 Å². The van der Waals surface area contributed by atoms with Gasteiger partial charge in [0.1, 0.15) is 17.4 Å². The predicted molar refractivity (Wildman–Crippen MR) is 70.8 cm³/mol. The van der Waals surface area contributed by atoms with Gasteiger partial charge in [-0.1, -0.05) is 12.2 Å². The van der Waals surface area contributed by atoms with Gasteiger partial charge in [-0.25, -0.2) is 4.39 Å². The van der Waals surface area contributed by atoms with Gasteiger partial charge in [0.05, 0.1) is 6.61 Å². The molecule has 0 unspecified atom stereocenters. The van der Waals surface area contributed by atoms with Crippen LogP contribution in [0.4, 0.5) is 10.1 Å². The highest BCUT2D eigenvalue weighted by molar-refractivity contribution is 7.80. The number of hydrogen-bond acceptors (Lipinski definition) is 4. The number of amides is 1. The lowest BCUT2D eigenvalue weighted by Crippen LogP contribution is -2.20. The first kappa shape index (κ1) is 14.3. The third-order valence-electron chi connectivity index (χ3n) is 2.05. The van der Waals surface area contributed by atoms with E-state index < -0.39 is 11.7 Å². The van der Waals surface area contributed by atoms with E-state index in [0.29, 0.717) is 18.8 Å². The molecule has 1 aromatic rings. The summed E-state index contributed by atoms with van der Waals surface area (Å²) >= 11 is 4.69. The van der Waals surface area contributed by atoms with Crippen molar-refractivity contribution in [1.82, 2.24) is 0 Å². The van der Waals surface area contributed by atoms with Crippen LogP contribution in [0.1, 0.15) is 5.56 Å². The molecule has 0 heterocycles. The van der Waals surface area contributed by atoms with Gasteiger partial charge in [0.2, 0.25) is 5.91 Å². The van der Waals surface area contributed by atoms with Crippen LogP contribution >= 0.6 is 12.2 Å². The van der Waals surface area contributed by atoms with Crippen LogP contribution in [0.3, 0.4) is 0 Å². The Balaban J connectivity index is 2.42. The van der Waals surface area contributed by atoms with E-state index in [-0.39, 0.29) is 17.2 Å². The normalized spacial score (nSPS) is 10.1. The standard InChI is InChI=1S/C11H14FN3O2S/c12-9-5-7(1-2-8(9)11(14)18)15-3-4-17-6-10(13)16/h1-2,5,15H,3-4,6H2,(H2,13,16)(H2,14,18). The third kappa shape index (κ3) is 4.64. The number of carbonyl (C=O) groups is 1. The number of thiocarbonyl (C=S) groups is 1. The van der Waals surface area contributed by atoms with Gasteiger partial charge < -0.3 is 21.5 Å². The highest BCUT2D eigenvalue weighted by atomic mass is 32.1. The average Bonchev–Trinajstić information content (AvgIpc) is 2.27. The fourth-order valence-electron chi connectivity index (χ4n) is 1.27. The summed E-state index contributed by atoms with van der Waals surface area (Å²) in [5, 5.41) is 2.92. The Morgan fingerprint density at radius 3 is 2.72 bits per heavy atom. The average molecular weight is 271 g/mol. The Morgan fingerprint density at radius 1 is 1.44 bits per heavy atom. The van der Waals surface area contributed by atoms with Gasteiger partial charge in [-0.05, 0) is 18.2 Å². The molecule has 0 aliphatic carbocycles. The summed E-state index contributed by atoms with van der Waals surface area (Å²) < 4.78 is 18.4. The molecule has 0 spiro atoms. The molecule has 18 heavy (non-hydrogen) atoms. The van der Waals surface area contributed by atoms with Gasteiger partial charge in [0.25, 0.3) is 0 Å². The van der Waals surface area contributed by atoms with E-state index in [9.17, 15) is 9.18 Å². The Hall–Kier alpha value is -1.73. The minimum absolute atomic E-state index is 0.0174. The first-order valence-electron chi connectivity index (χ1n) is 5.20. The lowest BCUT2D eigenvalue weighted by molar-refractivity contribution is -0.122. The number of nitrogens with one attached hydrogen (secondary N) is 1. The van der Waals surface area contributed by atoms with Crippen molar-refractivity contribution in [2.24, 2.45) is 11.5 Å². The maximum atomic E-state index is 13.5. The molecule has 1 aromatic carbocycles. The first-order valence-corrected chi connectivity index (χ1v) is 5.61. The van der Waals surface area contributed by atoms with E-state index in [1.165, 1.54) is 12.1 Å². The van der Waals surface area contributed by atoms with Crippen molar-refractivity contribution in [2.45, 2.75) is 0 Å². The van der Waals surface area contributed by atoms with Gasteiger partial charge >= 0.3 is 0 Å². The zero-order chi connectivity index (χ0) is 13.5. The lowest BCUT2D eigenvalue weighted by Gasteiger charge is -2.08. The van der Waals surface area contributed by atoms with Crippen molar-refractivity contribution in [1.29, 1.82) is 0 Å². The number of hydrogen-bond donors (Lipinski definition) is 3.